The van der Waals surface area contributed by atoms with E-state index in [0.717, 1.165) is 6.07 Å². The van der Waals surface area contributed by atoms with Crippen LogP contribution in [0.1, 0.15) is 18.5 Å². The Labute approximate surface area is 104 Å². The van der Waals surface area contributed by atoms with Gasteiger partial charge in [0.25, 0.3) is 0 Å². The Morgan fingerprint density at radius 3 is 2.59 bits per heavy atom. The Kier molecular flexibility index (Phi) is 4.85. The number of sulfonamides is 1. The van der Waals surface area contributed by atoms with E-state index in [1.165, 1.54) is 13.0 Å². The second-order valence-electron chi connectivity index (χ2n) is 3.51. The molecule has 1 rings (SSSR count). The molecule has 1 aromatic rings. The Balaban J connectivity index is 2.87. The zero-order valence-corrected chi connectivity index (χ0v) is 10.7. The lowest BCUT2D eigenvalue weighted by Gasteiger charge is -2.14. The Hall–Kier alpha value is -0.720. The molecule has 0 saturated heterocycles. The van der Waals surface area contributed by atoms with Crippen LogP contribution < -0.4 is 4.72 Å². The molecule has 0 aromatic heterocycles. The molecule has 0 radical (unpaired) electrons. The van der Waals surface area contributed by atoms with Crippen molar-refractivity contribution in [3.8, 4) is 0 Å². The van der Waals surface area contributed by atoms with Crippen LogP contribution >= 0.6 is 11.6 Å². The first-order valence-electron chi connectivity index (χ1n) is 4.86. The molecule has 17 heavy (non-hydrogen) atoms. The van der Waals surface area contributed by atoms with Crippen LogP contribution in [0, 0.1) is 11.6 Å². The fraction of sp³-hybridized carbons (Fsp3) is 0.400. The highest BCUT2D eigenvalue weighted by molar-refractivity contribution is 7.89. The third kappa shape index (κ3) is 4.22. The van der Waals surface area contributed by atoms with Gasteiger partial charge in [-0.15, -0.1) is 11.6 Å². The number of halogens is 3. The predicted molar refractivity (Wildman–Crippen MR) is 62.4 cm³/mol. The summed E-state index contributed by atoms with van der Waals surface area (Å²) in [4.78, 5) is 0. The van der Waals surface area contributed by atoms with Gasteiger partial charge in [0.1, 0.15) is 11.6 Å². The normalized spacial score (nSPS) is 13.6. The number of rotatable bonds is 5. The maximum absolute atomic E-state index is 13.4. The third-order valence-electron chi connectivity index (χ3n) is 2.13. The first kappa shape index (κ1) is 14.3. The minimum atomic E-state index is -3.55. The van der Waals surface area contributed by atoms with Crippen LogP contribution in [0.5, 0.6) is 0 Å². The summed E-state index contributed by atoms with van der Waals surface area (Å²) in [6.07, 6.45) is 0. The number of hydrogen-bond donors (Lipinski definition) is 1. The molecular weight excluding hydrogens is 272 g/mol. The Morgan fingerprint density at radius 2 is 2.06 bits per heavy atom. The molecule has 0 heterocycles. The van der Waals surface area contributed by atoms with Crippen LogP contribution in [-0.4, -0.2) is 20.1 Å². The molecular formula is C10H12ClF2NO2S. The maximum atomic E-state index is 13.4. The van der Waals surface area contributed by atoms with Crippen LogP contribution in [0.15, 0.2) is 18.2 Å². The van der Waals surface area contributed by atoms with Gasteiger partial charge >= 0.3 is 0 Å². The van der Waals surface area contributed by atoms with Gasteiger partial charge in [0.2, 0.25) is 10.0 Å². The van der Waals surface area contributed by atoms with Gasteiger partial charge in [-0.25, -0.2) is 21.9 Å². The summed E-state index contributed by atoms with van der Waals surface area (Å²) in [5.41, 5.74) is 0.0875. The summed E-state index contributed by atoms with van der Waals surface area (Å²) in [5, 5.41) is 0. The SMILES string of the molecule is CC(NS(=O)(=O)CCCl)c1ccc(F)cc1F. The van der Waals surface area contributed by atoms with E-state index < -0.39 is 27.7 Å². The first-order valence-corrected chi connectivity index (χ1v) is 7.05. The number of benzene rings is 1. The molecule has 0 aliphatic rings. The zero-order valence-electron chi connectivity index (χ0n) is 9.08. The average Bonchev–Trinajstić information content (AvgIpc) is 2.15. The van der Waals surface area contributed by atoms with Crippen LogP contribution in [0.3, 0.4) is 0 Å². The average molecular weight is 284 g/mol. The molecule has 0 bridgehead atoms. The Morgan fingerprint density at radius 1 is 1.41 bits per heavy atom. The summed E-state index contributed by atoms with van der Waals surface area (Å²) in [7, 11) is -3.55. The van der Waals surface area contributed by atoms with Gasteiger partial charge < -0.3 is 0 Å². The van der Waals surface area contributed by atoms with Crippen molar-refractivity contribution in [2.75, 3.05) is 11.6 Å². The zero-order chi connectivity index (χ0) is 13.1. The van der Waals surface area contributed by atoms with Crippen molar-refractivity contribution < 1.29 is 17.2 Å². The minimum Gasteiger partial charge on any atom is -0.212 e. The lowest BCUT2D eigenvalue weighted by Crippen LogP contribution is -2.30. The molecule has 0 aliphatic heterocycles. The van der Waals surface area contributed by atoms with E-state index in [-0.39, 0.29) is 17.2 Å². The summed E-state index contributed by atoms with van der Waals surface area (Å²) in [5.74, 6) is -1.79. The molecule has 0 spiro atoms. The molecule has 0 amide bonds. The molecule has 1 aromatic carbocycles. The van der Waals surface area contributed by atoms with Crippen LogP contribution in [0.2, 0.25) is 0 Å². The van der Waals surface area contributed by atoms with E-state index in [1.807, 2.05) is 0 Å². The van der Waals surface area contributed by atoms with Crippen LogP contribution in [0.4, 0.5) is 8.78 Å². The summed E-state index contributed by atoms with van der Waals surface area (Å²) < 4.78 is 51.1. The van der Waals surface area contributed by atoms with E-state index >= 15 is 0 Å². The van der Waals surface area contributed by atoms with E-state index in [0.29, 0.717) is 6.07 Å². The highest BCUT2D eigenvalue weighted by Crippen LogP contribution is 2.18. The molecule has 7 heteroatoms. The van der Waals surface area contributed by atoms with Gasteiger partial charge in [0.05, 0.1) is 5.75 Å². The van der Waals surface area contributed by atoms with Crippen molar-refractivity contribution in [3.05, 3.63) is 35.4 Å². The van der Waals surface area contributed by atoms with E-state index in [1.54, 1.807) is 0 Å². The van der Waals surface area contributed by atoms with Crippen molar-refractivity contribution in [2.24, 2.45) is 0 Å². The smallest absolute Gasteiger partial charge is 0.212 e. The standard InChI is InChI=1S/C10H12ClF2NO2S/c1-7(14-17(15,16)5-4-11)9-3-2-8(12)6-10(9)13/h2-3,6-7,14H,4-5H2,1H3. The molecule has 0 fully saturated rings. The van der Waals surface area contributed by atoms with Crippen LogP contribution in [-0.2, 0) is 10.0 Å². The van der Waals surface area contributed by atoms with Gasteiger partial charge in [0.15, 0.2) is 0 Å². The molecule has 3 nitrogen and oxygen atoms in total. The molecule has 0 aliphatic carbocycles. The van der Waals surface area contributed by atoms with Gasteiger partial charge in [-0.05, 0) is 13.0 Å². The molecule has 1 unspecified atom stereocenters. The van der Waals surface area contributed by atoms with Crippen molar-refractivity contribution in [3.63, 3.8) is 0 Å². The highest BCUT2D eigenvalue weighted by Gasteiger charge is 2.18. The van der Waals surface area contributed by atoms with Gasteiger partial charge in [0, 0.05) is 23.6 Å². The monoisotopic (exact) mass is 283 g/mol. The molecule has 0 saturated carbocycles. The summed E-state index contributed by atoms with van der Waals surface area (Å²) >= 11 is 5.32. The van der Waals surface area contributed by atoms with E-state index in [2.05, 4.69) is 4.72 Å². The highest BCUT2D eigenvalue weighted by atomic mass is 35.5. The second kappa shape index (κ2) is 5.75. The fourth-order valence-corrected chi connectivity index (χ4v) is 2.94. The summed E-state index contributed by atoms with van der Waals surface area (Å²) in [6, 6.07) is 2.22. The second-order valence-corrected chi connectivity index (χ2v) is 5.76. The van der Waals surface area contributed by atoms with Crippen molar-refractivity contribution in [2.45, 2.75) is 13.0 Å². The lowest BCUT2D eigenvalue weighted by atomic mass is 10.1. The van der Waals surface area contributed by atoms with Crippen molar-refractivity contribution >= 4 is 21.6 Å². The van der Waals surface area contributed by atoms with E-state index in [4.69, 9.17) is 11.6 Å². The molecule has 1 N–H and O–H groups in total. The van der Waals surface area contributed by atoms with Crippen molar-refractivity contribution in [1.82, 2.24) is 4.72 Å². The van der Waals surface area contributed by atoms with E-state index in [9.17, 15) is 17.2 Å². The number of hydrogen-bond acceptors (Lipinski definition) is 2. The predicted octanol–water partition coefficient (Wildman–Crippen LogP) is 2.18. The third-order valence-corrected chi connectivity index (χ3v) is 4.00. The first-order chi connectivity index (χ1) is 7.85. The van der Waals surface area contributed by atoms with Crippen molar-refractivity contribution in [1.29, 1.82) is 0 Å². The number of nitrogens with one attached hydrogen (secondary N) is 1. The van der Waals surface area contributed by atoms with Gasteiger partial charge in [-0.1, -0.05) is 6.07 Å². The van der Waals surface area contributed by atoms with Crippen LogP contribution in [0.25, 0.3) is 0 Å². The Bertz CT molecular complexity index is 493. The van der Waals surface area contributed by atoms with Gasteiger partial charge in [-0.3, -0.25) is 0 Å². The summed E-state index contributed by atoms with van der Waals surface area (Å²) in [6.45, 7) is 1.47. The van der Waals surface area contributed by atoms with Gasteiger partial charge in [-0.2, -0.15) is 0 Å². The minimum absolute atomic E-state index is 0.0477. The largest absolute Gasteiger partial charge is 0.213 e. The number of alkyl halides is 1. The molecule has 1 atom stereocenters. The lowest BCUT2D eigenvalue weighted by molar-refractivity contribution is 0.540. The topological polar surface area (TPSA) is 46.2 Å². The quantitative estimate of drug-likeness (QED) is 0.842. The maximum Gasteiger partial charge on any atom is 0.213 e. The fourth-order valence-electron chi connectivity index (χ4n) is 1.35. The molecule has 96 valence electrons.